The molecule has 1 heterocycles. The third-order valence-electron chi connectivity index (χ3n) is 2.82. The lowest BCUT2D eigenvalue weighted by atomic mass is 9.91. The van der Waals surface area contributed by atoms with Crippen molar-refractivity contribution in [3.05, 3.63) is 0 Å². The summed E-state index contributed by atoms with van der Waals surface area (Å²) in [6.07, 6.45) is 5.07. The zero-order valence-electron chi connectivity index (χ0n) is 11.0. The zero-order valence-corrected chi connectivity index (χ0v) is 11.8. The van der Waals surface area contributed by atoms with Crippen LogP contribution in [0.1, 0.15) is 40.0 Å². The van der Waals surface area contributed by atoms with Gasteiger partial charge in [-0.1, -0.05) is 38.8 Å². The number of oxime groups is 1. The second kappa shape index (κ2) is 7.54. The number of hydrogen-bond acceptors (Lipinski definition) is 4. The predicted octanol–water partition coefficient (Wildman–Crippen LogP) is 2.80. The van der Waals surface area contributed by atoms with E-state index in [2.05, 4.69) is 35.8 Å². The molecule has 0 atom stereocenters. The molecule has 0 fully saturated rings. The minimum Gasteiger partial charge on any atom is -0.411 e. The molecule has 0 aliphatic carbocycles. The van der Waals surface area contributed by atoms with Crippen molar-refractivity contribution in [2.45, 2.75) is 40.0 Å². The Balaban J connectivity index is 0.00000256. The molecule has 100 valence electrons. The number of hydrogen-bond donors (Lipinski definition) is 1. The van der Waals surface area contributed by atoms with Gasteiger partial charge in [0.05, 0.1) is 0 Å². The molecule has 0 aromatic rings. The molecule has 0 saturated heterocycles. The van der Waals surface area contributed by atoms with Crippen LogP contribution in [0, 0.1) is 5.41 Å². The van der Waals surface area contributed by atoms with E-state index in [1.54, 1.807) is 0 Å². The third-order valence-corrected chi connectivity index (χ3v) is 2.82. The van der Waals surface area contributed by atoms with Crippen LogP contribution < -0.4 is 0 Å². The molecule has 5 heteroatoms. The summed E-state index contributed by atoms with van der Waals surface area (Å²) in [4.78, 5) is 6.69. The second-order valence-electron chi connectivity index (χ2n) is 5.21. The van der Waals surface area contributed by atoms with Crippen molar-refractivity contribution in [2.75, 3.05) is 19.6 Å². The van der Waals surface area contributed by atoms with E-state index in [1.165, 1.54) is 25.5 Å². The fourth-order valence-corrected chi connectivity index (χ4v) is 1.96. The van der Waals surface area contributed by atoms with Crippen molar-refractivity contribution >= 4 is 24.5 Å². The number of aliphatic imine (C=N–C) groups is 1. The van der Waals surface area contributed by atoms with Crippen LogP contribution in [0.2, 0.25) is 0 Å². The van der Waals surface area contributed by atoms with E-state index in [-0.39, 0.29) is 17.8 Å². The van der Waals surface area contributed by atoms with E-state index in [1.807, 2.05) is 0 Å². The SMILES string of the molecule is CCCCCN1CC(C)(C)CN=C1/C=N/O.Cl. The zero-order chi connectivity index (χ0) is 12.0. The Kier molecular flexibility index (Phi) is 7.19. The first-order valence-corrected chi connectivity index (χ1v) is 6.06. The van der Waals surface area contributed by atoms with E-state index in [9.17, 15) is 0 Å². The summed E-state index contributed by atoms with van der Waals surface area (Å²) in [5, 5.41) is 11.7. The lowest BCUT2D eigenvalue weighted by Gasteiger charge is -2.37. The summed E-state index contributed by atoms with van der Waals surface area (Å²) in [5.41, 5.74) is 0.221. The van der Waals surface area contributed by atoms with Crippen LogP contribution >= 0.6 is 12.4 Å². The molecule has 1 aliphatic heterocycles. The highest BCUT2D eigenvalue weighted by Crippen LogP contribution is 2.22. The van der Waals surface area contributed by atoms with Crippen molar-refractivity contribution in [3.63, 3.8) is 0 Å². The molecule has 0 spiro atoms. The number of nitrogens with zero attached hydrogens (tertiary/aromatic N) is 3. The molecule has 0 amide bonds. The lowest BCUT2D eigenvalue weighted by molar-refractivity contribution is 0.239. The Hall–Kier alpha value is -0.770. The smallest absolute Gasteiger partial charge is 0.145 e. The van der Waals surface area contributed by atoms with Crippen LogP contribution in [0.3, 0.4) is 0 Å². The third kappa shape index (κ3) is 5.39. The fraction of sp³-hybridized carbons (Fsp3) is 0.833. The highest BCUT2D eigenvalue weighted by Gasteiger charge is 2.27. The lowest BCUT2D eigenvalue weighted by Crippen LogP contribution is -2.45. The molecule has 0 unspecified atom stereocenters. The number of rotatable bonds is 5. The average molecular weight is 262 g/mol. The van der Waals surface area contributed by atoms with Crippen molar-refractivity contribution < 1.29 is 5.21 Å². The number of unbranched alkanes of at least 4 members (excludes halogenated alkanes) is 2. The molecule has 17 heavy (non-hydrogen) atoms. The normalized spacial score (nSPS) is 19.0. The summed E-state index contributed by atoms with van der Waals surface area (Å²) in [7, 11) is 0. The molecule has 0 aromatic heterocycles. The highest BCUT2D eigenvalue weighted by molar-refractivity contribution is 6.29. The molecule has 0 radical (unpaired) electrons. The Labute approximate surface area is 110 Å². The van der Waals surface area contributed by atoms with Crippen LogP contribution in [0.15, 0.2) is 10.1 Å². The standard InChI is InChI=1S/C12H23N3O.ClH/c1-4-5-6-7-15-10-12(2,3)9-13-11(15)8-14-16;/h8,16H,4-7,9-10H2,1-3H3;1H/b14-8+;. The topological polar surface area (TPSA) is 48.2 Å². The van der Waals surface area contributed by atoms with E-state index in [0.717, 1.165) is 25.5 Å². The van der Waals surface area contributed by atoms with E-state index >= 15 is 0 Å². The quantitative estimate of drug-likeness (QED) is 0.358. The van der Waals surface area contributed by atoms with Crippen molar-refractivity contribution in [1.82, 2.24) is 4.90 Å². The summed E-state index contributed by atoms with van der Waals surface area (Å²) in [6.45, 7) is 9.43. The van der Waals surface area contributed by atoms with Crippen LogP contribution in [0.25, 0.3) is 0 Å². The van der Waals surface area contributed by atoms with Gasteiger partial charge < -0.3 is 10.1 Å². The minimum absolute atomic E-state index is 0. The van der Waals surface area contributed by atoms with Crippen LogP contribution in [0.5, 0.6) is 0 Å². The number of halogens is 1. The molecule has 0 bridgehead atoms. The molecule has 1 aliphatic rings. The van der Waals surface area contributed by atoms with Crippen LogP contribution in [-0.4, -0.2) is 41.8 Å². The summed E-state index contributed by atoms with van der Waals surface area (Å²) in [6, 6.07) is 0. The van der Waals surface area contributed by atoms with Gasteiger partial charge in [0, 0.05) is 25.0 Å². The van der Waals surface area contributed by atoms with Gasteiger partial charge in [-0.2, -0.15) is 0 Å². The fourth-order valence-electron chi connectivity index (χ4n) is 1.96. The minimum atomic E-state index is 0. The monoisotopic (exact) mass is 261 g/mol. The van der Waals surface area contributed by atoms with Gasteiger partial charge in [0.2, 0.25) is 0 Å². The van der Waals surface area contributed by atoms with E-state index in [4.69, 9.17) is 5.21 Å². The van der Waals surface area contributed by atoms with Crippen molar-refractivity contribution in [3.8, 4) is 0 Å². The predicted molar refractivity (Wildman–Crippen MR) is 74.7 cm³/mol. The first kappa shape index (κ1) is 16.2. The summed E-state index contributed by atoms with van der Waals surface area (Å²) in [5.74, 6) is 0.818. The highest BCUT2D eigenvalue weighted by atomic mass is 35.5. The van der Waals surface area contributed by atoms with Gasteiger partial charge >= 0.3 is 0 Å². The van der Waals surface area contributed by atoms with Gasteiger partial charge in [0.1, 0.15) is 12.1 Å². The van der Waals surface area contributed by atoms with Crippen LogP contribution in [0.4, 0.5) is 0 Å². The Bertz CT molecular complexity index is 277. The largest absolute Gasteiger partial charge is 0.411 e. The van der Waals surface area contributed by atoms with Gasteiger partial charge in [-0.15, -0.1) is 12.4 Å². The molecule has 0 saturated carbocycles. The molecule has 4 nitrogen and oxygen atoms in total. The van der Waals surface area contributed by atoms with E-state index < -0.39 is 0 Å². The molecule has 1 N–H and O–H groups in total. The Morgan fingerprint density at radius 2 is 2.18 bits per heavy atom. The maximum absolute atomic E-state index is 8.60. The van der Waals surface area contributed by atoms with Gasteiger partial charge in [0.25, 0.3) is 0 Å². The first-order valence-electron chi connectivity index (χ1n) is 6.06. The summed E-state index contributed by atoms with van der Waals surface area (Å²) >= 11 is 0. The van der Waals surface area contributed by atoms with Gasteiger partial charge in [-0.3, -0.25) is 4.99 Å². The maximum atomic E-state index is 8.60. The second-order valence-corrected chi connectivity index (χ2v) is 5.21. The van der Waals surface area contributed by atoms with Crippen molar-refractivity contribution in [2.24, 2.45) is 15.6 Å². The molecule has 0 aromatic carbocycles. The van der Waals surface area contributed by atoms with Crippen LogP contribution in [-0.2, 0) is 0 Å². The summed E-state index contributed by atoms with van der Waals surface area (Å²) < 4.78 is 0. The van der Waals surface area contributed by atoms with Gasteiger partial charge in [0.15, 0.2) is 0 Å². The first-order chi connectivity index (χ1) is 7.59. The molecular weight excluding hydrogens is 238 g/mol. The van der Waals surface area contributed by atoms with Crippen molar-refractivity contribution in [1.29, 1.82) is 0 Å². The molecule has 1 rings (SSSR count). The van der Waals surface area contributed by atoms with E-state index in [0.29, 0.717) is 0 Å². The number of amidine groups is 1. The molecular formula is C12H24ClN3O. The van der Waals surface area contributed by atoms with Gasteiger partial charge in [-0.25, -0.2) is 0 Å². The Morgan fingerprint density at radius 3 is 2.76 bits per heavy atom. The maximum Gasteiger partial charge on any atom is 0.145 e. The Morgan fingerprint density at radius 1 is 1.47 bits per heavy atom. The average Bonchev–Trinajstić information content (AvgIpc) is 2.22. The van der Waals surface area contributed by atoms with Gasteiger partial charge in [-0.05, 0) is 6.42 Å².